The molecule has 0 fully saturated rings. The molecule has 0 aliphatic heterocycles. The van der Waals surface area contributed by atoms with E-state index < -0.39 is 0 Å². The lowest BCUT2D eigenvalue weighted by molar-refractivity contribution is 0.102. The fourth-order valence-corrected chi connectivity index (χ4v) is 2.14. The van der Waals surface area contributed by atoms with Crippen molar-refractivity contribution in [1.29, 1.82) is 0 Å². The van der Waals surface area contributed by atoms with Crippen LogP contribution in [0.1, 0.15) is 10.4 Å². The van der Waals surface area contributed by atoms with Crippen LogP contribution in [0.4, 0.5) is 5.69 Å². The first-order valence-corrected chi connectivity index (χ1v) is 6.99. The van der Waals surface area contributed by atoms with Gasteiger partial charge in [0.2, 0.25) is 0 Å². The summed E-state index contributed by atoms with van der Waals surface area (Å²) in [5.74, 6) is -0.285. The third-order valence-electron chi connectivity index (χ3n) is 2.90. The maximum absolute atomic E-state index is 12.2. The summed E-state index contributed by atoms with van der Waals surface area (Å²) in [6.45, 7) is 0. The smallest absolute Gasteiger partial charge is 0.255 e. The average Bonchev–Trinajstić information content (AvgIpc) is 3.04. The standard InChI is InChI=1S/C14H9Cl2N5O/c15-12-5-4-9(6-13(12)16)14(22)18-10-2-1-3-11(7-10)21-8-17-19-20-21/h1-8H,(H,18,22). The fraction of sp³-hybridized carbons (Fsp3) is 0. The van der Waals surface area contributed by atoms with Crippen LogP contribution >= 0.6 is 23.2 Å². The number of nitrogens with one attached hydrogen (secondary N) is 1. The van der Waals surface area contributed by atoms with Crippen LogP contribution in [-0.2, 0) is 0 Å². The van der Waals surface area contributed by atoms with Gasteiger partial charge in [-0.3, -0.25) is 4.79 Å². The van der Waals surface area contributed by atoms with E-state index in [1.807, 2.05) is 6.07 Å². The Morgan fingerprint density at radius 3 is 2.68 bits per heavy atom. The van der Waals surface area contributed by atoms with Crippen molar-refractivity contribution in [2.24, 2.45) is 0 Å². The number of rotatable bonds is 3. The van der Waals surface area contributed by atoms with Crippen molar-refractivity contribution >= 4 is 34.8 Å². The minimum atomic E-state index is -0.285. The molecule has 0 spiro atoms. The molecule has 1 aromatic heterocycles. The van der Waals surface area contributed by atoms with Crippen LogP contribution in [0, 0.1) is 0 Å². The van der Waals surface area contributed by atoms with E-state index in [0.29, 0.717) is 21.3 Å². The summed E-state index contributed by atoms with van der Waals surface area (Å²) in [6.07, 6.45) is 1.47. The Morgan fingerprint density at radius 2 is 1.95 bits per heavy atom. The highest BCUT2D eigenvalue weighted by atomic mass is 35.5. The van der Waals surface area contributed by atoms with Crippen LogP contribution in [0.25, 0.3) is 5.69 Å². The SMILES string of the molecule is O=C(Nc1cccc(-n2cnnn2)c1)c1ccc(Cl)c(Cl)c1. The van der Waals surface area contributed by atoms with Crippen LogP contribution in [0.2, 0.25) is 10.0 Å². The minimum Gasteiger partial charge on any atom is -0.322 e. The summed E-state index contributed by atoms with van der Waals surface area (Å²) in [4.78, 5) is 12.2. The molecule has 1 N–H and O–H groups in total. The molecule has 0 aliphatic carbocycles. The molecule has 3 rings (SSSR count). The van der Waals surface area contributed by atoms with Gasteiger partial charge in [0, 0.05) is 11.3 Å². The van der Waals surface area contributed by atoms with Crippen molar-refractivity contribution in [2.75, 3.05) is 5.32 Å². The van der Waals surface area contributed by atoms with Gasteiger partial charge < -0.3 is 5.32 Å². The van der Waals surface area contributed by atoms with E-state index in [2.05, 4.69) is 20.8 Å². The molecule has 0 atom stereocenters. The Hall–Kier alpha value is -2.44. The van der Waals surface area contributed by atoms with E-state index in [9.17, 15) is 4.79 Å². The first-order valence-electron chi connectivity index (χ1n) is 6.23. The van der Waals surface area contributed by atoms with Gasteiger partial charge in [-0.05, 0) is 46.8 Å². The Kier molecular flexibility index (Phi) is 4.04. The topological polar surface area (TPSA) is 72.7 Å². The molecule has 22 heavy (non-hydrogen) atoms. The number of aromatic nitrogens is 4. The Bertz CT molecular complexity index is 820. The highest BCUT2D eigenvalue weighted by Crippen LogP contribution is 2.23. The van der Waals surface area contributed by atoms with E-state index >= 15 is 0 Å². The van der Waals surface area contributed by atoms with Crippen molar-refractivity contribution in [1.82, 2.24) is 20.2 Å². The van der Waals surface area contributed by atoms with Gasteiger partial charge in [-0.25, -0.2) is 4.68 Å². The molecule has 0 radical (unpaired) electrons. The van der Waals surface area contributed by atoms with Gasteiger partial charge in [0.05, 0.1) is 15.7 Å². The van der Waals surface area contributed by atoms with Crippen molar-refractivity contribution < 1.29 is 4.79 Å². The molecule has 0 unspecified atom stereocenters. The quantitative estimate of drug-likeness (QED) is 0.798. The van der Waals surface area contributed by atoms with Gasteiger partial charge >= 0.3 is 0 Å². The molecule has 110 valence electrons. The summed E-state index contributed by atoms with van der Waals surface area (Å²) in [7, 11) is 0. The third kappa shape index (κ3) is 3.08. The predicted octanol–water partition coefficient (Wildman–Crippen LogP) is 3.22. The van der Waals surface area contributed by atoms with Crippen LogP contribution in [0.15, 0.2) is 48.8 Å². The Labute approximate surface area is 135 Å². The maximum Gasteiger partial charge on any atom is 0.255 e. The van der Waals surface area contributed by atoms with Crippen LogP contribution in [0.5, 0.6) is 0 Å². The van der Waals surface area contributed by atoms with Crippen molar-refractivity contribution in [3.8, 4) is 5.69 Å². The second-order valence-electron chi connectivity index (χ2n) is 4.39. The van der Waals surface area contributed by atoms with E-state index in [1.54, 1.807) is 30.3 Å². The third-order valence-corrected chi connectivity index (χ3v) is 3.64. The maximum atomic E-state index is 12.2. The zero-order valence-electron chi connectivity index (χ0n) is 11.1. The van der Waals surface area contributed by atoms with Gasteiger partial charge in [0.25, 0.3) is 5.91 Å². The van der Waals surface area contributed by atoms with Gasteiger partial charge in [0.1, 0.15) is 6.33 Å². The number of halogens is 2. The molecule has 1 amide bonds. The largest absolute Gasteiger partial charge is 0.322 e. The zero-order valence-corrected chi connectivity index (χ0v) is 12.6. The number of benzene rings is 2. The lowest BCUT2D eigenvalue weighted by Gasteiger charge is -2.07. The molecule has 3 aromatic rings. The van der Waals surface area contributed by atoms with Gasteiger partial charge in [-0.2, -0.15) is 0 Å². The number of hydrogen-bond acceptors (Lipinski definition) is 4. The summed E-state index contributed by atoms with van der Waals surface area (Å²) < 4.78 is 1.49. The second-order valence-corrected chi connectivity index (χ2v) is 5.20. The van der Waals surface area contributed by atoms with Crippen molar-refractivity contribution in [2.45, 2.75) is 0 Å². The summed E-state index contributed by atoms with van der Waals surface area (Å²) in [6, 6.07) is 11.8. The molecule has 0 aliphatic rings. The van der Waals surface area contributed by atoms with Crippen molar-refractivity contribution in [3.05, 3.63) is 64.4 Å². The number of tetrazole rings is 1. The minimum absolute atomic E-state index is 0.285. The number of amides is 1. The van der Waals surface area contributed by atoms with Crippen LogP contribution in [0.3, 0.4) is 0 Å². The summed E-state index contributed by atoms with van der Waals surface area (Å²) in [5, 5.41) is 14.5. The molecular formula is C14H9Cl2N5O. The number of hydrogen-bond donors (Lipinski definition) is 1. The number of nitrogens with zero attached hydrogens (tertiary/aromatic N) is 4. The van der Waals surface area contributed by atoms with E-state index in [1.165, 1.54) is 17.1 Å². The second kappa shape index (κ2) is 6.13. The molecular weight excluding hydrogens is 325 g/mol. The highest BCUT2D eigenvalue weighted by Gasteiger charge is 2.09. The van der Waals surface area contributed by atoms with Crippen molar-refractivity contribution in [3.63, 3.8) is 0 Å². The molecule has 0 bridgehead atoms. The van der Waals surface area contributed by atoms with Crippen LogP contribution in [-0.4, -0.2) is 26.1 Å². The average molecular weight is 334 g/mol. The molecule has 8 heteroatoms. The first kappa shape index (κ1) is 14.5. The first-order chi connectivity index (χ1) is 10.6. The predicted molar refractivity (Wildman–Crippen MR) is 83.6 cm³/mol. The van der Waals surface area contributed by atoms with E-state index in [0.717, 1.165) is 5.69 Å². The normalized spacial score (nSPS) is 10.5. The molecule has 2 aromatic carbocycles. The molecule has 0 saturated carbocycles. The fourth-order valence-electron chi connectivity index (χ4n) is 1.85. The van der Waals surface area contributed by atoms with Gasteiger partial charge in [-0.15, -0.1) is 5.10 Å². The van der Waals surface area contributed by atoms with Crippen LogP contribution < -0.4 is 5.32 Å². The van der Waals surface area contributed by atoms with Gasteiger partial charge in [0.15, 0.2) is 0 Å². The number of carbonyl (C=O) groups is 1. The number of carbonyl (C=O) groups excluding carboxylic acids is 1. The molecule has 6 nitrogen and oxygen atoms in total. The summed E-state index contributed by atoms with van der Waals surface area (Å²) in [5.41, 5.74) is 1.77. The van der Waals surface area contributed by atoms with Gasteiger partial charge in [-0.1, -0.05) is 29.3 Å². The monoisotopic (exact) mass is 333 g/mol. The molecule has 1 heterocycles. The zero-order chi connectivity index (χ0) is 15.5. The lowest BCUT2D eigenvalue weighted by atomic mass is 10.2. The Balaban J connectivity index is 1.82. The Morgan fingerprint density at radius 1 is 1.09 bits per heavy atom. The summed E-state index contributed by atoms with van der Waals surface area (Å²) >= 11 is 11.8. The lowest BCUT2D eigenvalue weighted by Crippen LogP contribution is -2.12. The van der Waals surface area contributed by atoms with E-state index in [4.69, 9.17) is 23.2 Å². The highest BCUT2D eigenvalue weighted by molar-refractivity contribution is 6.42. The molecule has 0 saturated heterocycles. The number of anilines is 1. The van der Waals surface area contributed by atoms with E-state index in [-0.39, 0.29) is 5.91 Å².